The summed E-state index contributed by atoms with van der Waals surface area (Å²) in [5.41, 5.74) is 1.94. The molecule has 3 rings (SSSR count). The van der Waals surface area contributed by atoms with Gasteiger partial charge >= 0.3 is 5.97 Å². The molecule has 0 bridgehead atoms. The third kappa shape index (κ3) is 5.45. The Kier molecular flexibility index (Phi) is 7.49. The third-order valence-electron chi connectivity index (χ3n) is 4.98. The molecule has 0 spiro atoms. The largest absolute Gasteiger partial charge is 0.495 e. The van der Waals surface area contributed by atoms with E-state index in [1.54, 1.807) is 25.1 Å². The quantitative estimate of drug-likeness (QED) is 0.628. The van der Waals surface area contributed by atoms with Gasteiger partial charge in [0.25, 0.3) is 5.91 Å². The number of amides is 1. The lowest BCUT2D eigenvalue weighted by atomic mass is 10.1. The highest BCUT2D eigenvalue weighted by atomic mass is 32.2. The van der Waals surface area contributed by atoms with Gasteiger partial charge in [-0.3, -0.25) is 4.79 Å². The van der Waals surface area contributed by atoms with Crippen LogP contribution in [0, 0.1) is 13.8 Å². The molecule has 172 valence electrons. The summed E-state index contributed by atoms with van der Waals surface area (Å²) in [7, 11) is -2.29. The van der Waals surface area contributed by atoms with E-state index in [2.05, 4.69) is 5.32 Å². The van der Waals surface area contributed by atoms with Gasteiger partial charge in [-0.15, -0.1) is 0 Å². The number of nitrogens with zero attached hydrogens (tertiary/aromatic N) is 1. The maximum Gasteiger partial charge on any atom is 0.338 e. The SMILES string of the molecule is COc1ccc(C)cc1NC(=O)COC(=O)c1ccc(C)c(S(=O)(=O)N2CCOCC2)c1. The number of carbonyl (C=O) groups excluding carboxylic acids is 2. The molecular formula is C22H26N2O7S. The zero-order chi connectivity index (χ0) is 23.3. The first kappa shape index (κ1) is 23.7. The van der Waals surface area contributed by atoms with Crippen molar-refractivity contribution >= 4 is 27.6 Å². The molecule has 10 heteroatoms. The van der Waals surface area contributed by atoms with Gasteiger partial charge in [0.15, 0.2) is 6.61 Å². The molecule has 0 aromatic heterocycles. The number of nitrogens with one attached hydrogen (secondary N) is 1. The fourth-order valence-corrected chi connectivity index (χ4v) is 4.91. The average molecular weight is 463 g/mol. The van der Waals surface area contributed by atoms with Crippen LogP contribution in [0.25, 0.3) is 0 Å². The summed E-state index contributed by atoms with van der Waals surface area (Å²) in [6.45, 7) is 4.13. The molecule has 0 aliphatic carbocycles. The van der Waals surface area contributed by atoms with Crippen molar-refractivity contribution < 1.29 is 32.2 Å². The van der Waals surface area contributed by atoms with E-state index in [0.717, 1.165) is 5.56 Å². The summed E-state index contributed by atoms with van der Waals surface area (Å²) < 4.78 is 42.8. The highest BCUT2D eigenvalue weighted by Gasteiger charge is 2.28. The Bertz CT molecular complexity index is 1110. The molecule has 2 aromatic carbocycles. The van der Waals surface area contributed by atoms with E-state index < -0.39 is 28.5 Å². The van der Waals surface area contributed by atoms with Crippen LogP contribution in [0.15, 0.2) is 41.3 Å². The normalized spacial score (nSPS) is 14.6. The van der Waals surface area contributed by atoms with Crippen molar-refractivity contribution in [3.63, 3.8) is 0 Å². The second-order valence-corrected chi connectivity index (χ2v) is 9.23. The van der Waals surface area contributed by atoms with Crippen LogP contribution in [-0.4, -0.2) is 64.6 Å². The molecule has 1 N–H and O–H groups in total. The van der Waals surface area contributed by atoms with Gasteiger partial charge in [0.1, 0.15) is 5.75 Å². The van der Waals surface area contributed by atoms with Crippen molar-refractivity contribution in [2.45, 2.75) is 18.7 Å². The lowest BCUT2D eigenvalue weighted by Gasteiger charge is -2.26. The van der Waals surface area contributed by atoms with E-state index in [-0.39, 0.29) is 23.5 Å². The molecule has 1 amide bonds. The van der Waals surface area contributed by atoms with Crippen LogP contribution in [0.2, 0.25) is 0 Å². The minimum Gasteiger partial charge on any atom is -0.495 e. The summed E-state index contributed by atoms with van der Waals surface area (Å²) >= 11 is 0. The Morgan fingerprint density at radius 1 is 1.09 bits per heavy atom. The Labute approximate surface area is 187 Å². The first-order chi connectivity index (χ1) is 15.2. The number of carbonyl (C=O) groups is 2. The fourth-order valence-electron chi connectivity index (χ4n) is 3.25. The van der Waals surface area contributed by atoms with Crippen molar-refractivity contribution in [1.29, 1.82) is 0 Å². The Morgan fingerprint density at radius 3 is 2.50 bits per heavy atom. The molecule has 2 aromatic rings. The van der Waals surface area contributed by atoms with Gasteiger partial charge in [0.05, 0.1) is 36.5 Å². The molecule has 1 aliphatic rings. The number of esters is 1. The maximum atomic E-state index is 13.0. The second kappa shape index (κ2) is 10.1. The van der Waals surface area contributed by atoms with Crippen molar-refractivity contribution in [3.8, 4) is 5.75 Å². The zero-order valence-electron chi connectivity index (χ0n) is 18.2. The van der Waals surface area contributed by atoms with Crippen LogP contribution in [0.5, 0.6) is 5.75 Å². The summed E-state index contributed by atoms with van der Waals surface area (Å²) in [5, 5.41) is 2.64. The minimum absolute atomic E-state index is 0.0304. The number of methoxy groups -OCH3 is 1. The fraction of sp³-hybridized carbons (Fsp3) is 0.364. The molecule has 1 heterocycles. The van der Waals surface area contributed by atoms with E-state index >= 15 is 0 Å². The number of anilines is 1. The summed E-state index contributed by atoms with van der Waals surface area (Å²) in [4.78, 5) is 24.8. The first-order valence-corrected chi connectivity index (χ1v) is 11.5. The summed E-state index contributed by atoms with van der Waals surface area (Å²) in [6, 6.07) is 9.60. The van der Waals surface area contributed by atoms with Gasteiger partial charge in [-0.25, -0.2) is 13.2 Å². The van der Waals surface area contributed by atoms with Crippen LogP contribution in [0.4, 0.5) is 5.69 Å². The lowest BCUT2D eigenvalue weighted by Crippen LogP contribution is -2.40. The highest BCUT2D eigenvalue weighted by molar-refractivity contribution is 7.89. The first-order valence-electron chi connectivity index (χ1n) is 10.0. The van der Waals surface area contributed by atoms with Gasteiger partial charge in [-0.05, 0) is 49.2 Å². The Balaban J connectivity index is 1.69. The number of morpholine rings is 1. The smallest absolute Gasteiger partial charge is 0.338 e. The maximum absolute atomic E-state index is 13.0. The second-order valence-electron chi connectivity index (χ2n) is 7.32. The molecule has 1 fully saturated rings. The van der Waals surface area contributed by atoms with Crippen LogP contribution < -0.4 is 10.1 Å². The molecule has 0 radical (unpaired) electrons. The van der Waals surface area contributed by atoms with Crippen LogP contribution >= 0.6 is 0 Å². The molecule has 1 saturated heterocycles. The number of benzene rings is 2. The number of ether oxygens (including phenoxy) is 3. The van der Waals surface area contributed by atoms with Crippen molar-refractivity contribution in [2.24, 2.45) is 0 Å². The predicted molar refractivity (Wildman–Crippen MR) is 117 cm³/mol. The van der Waals surface area contributed by atoms with Gasteiger partial charge in [-0.1, -0.05) is 12.1 Å². The molecular weight excluding hydrogens is 436 g/mol. The van der Waals surface area contributed by atoms with E-state index in [1.165, 1.54) is 23.5 Å². The Hall–Kier alpha value is -2.95. The minimum atomic E-state index is -3.78. The Morgan fingerprint density at radius 2 is 1.81 bits per heavy atom. The molecule has 0 saturated carbocycles. The van der Waals surface area contributed by atoms with Gasteiger partial charge in [-0.2, -0.15) is 4.31 Å². The molecule has 1 aliphatic heterocycles. The number of sulfonamides is 1. The third-order valence-corrected chi connectivity index (χ3v) is 7.02. The monoisotopic (exact) mass is 462 g/mol. The number of hydrogen-bond acceptors (Lipinski definition) is 7. The van der Waals surface area contributed by atoms with E-state index in [1.807, 2.05) is 13.0 Å². The molecule has 0 atom stereocenters. The van der Waals surface area contributed by atoms with Crippen LogP contribution in [0.1, 0.15) is 21.5 Å². The van der Waals surface area contributed by atoms with Crippen LogP contribution in [0.3, 0.4) is 0 Å². The van der Waals surface area contributed by atoms with Gasteiger partial charge in [0.2, 0.25) is 10.0 Å². The number of rotatable bonds is 7. The predicted octanol–water partition coefficient (Wildman–Crippen LogP) is 2.13. The lowest BCUT2D eigenvalue weighted by molar-refractivity contribution is -0.119. The molecule has 0 unspecified atom stereocenters. The van der Waals surface area contributed by atoms with Gasteiger partial charge in [0, 0.05) is 13.1 Å². The van der Waals surface area contributed by atoms with Crippen molar-refractivity contribution in [2.75, 3.05) is 45.3 Å². The molecule has 9 nitrogen and oxygen atoms in total. The molecule has 32 heavy (non-hydrogen) atoms. The van der Waals surface area contributed by atoms with E-state index in [0.29, 0.717) is 30.2 Å². The van der Waals surface area contributed by atoms with E-state index in [4.69, 9.17) is 14.2 Å². The van der Waals surface area contributed by atoms with Gasteiger partial charge < -0.3 is 19.5 Å². The number of hydrogen-bond donors (Lipinski definition) is 1. The summed E-state index contributed by atoms with van der Waals surface area (Å²) in [5.74, 6) is -0.864. The average Bonchev–Trinajstić information content (AvgIpc) is 2.78. The highest BCUT2D eigenvalue weighted by Crippen LogP contribution is 2.25. The van der Waals surface area contributed by atoms with E-state index in [9.17, 15) is 18.0 Å². The number of aryl methyl sites for hydroxylation is 2. The van der Waals surface area contributed by atoms with Crippen LogP contribution in [-0.2, 0) is 24.3 Å². The summed E-state index contributed by atoms with van der Waals surface area (Å²) in [6.07, 6.45) is 0. The topological polar surface area (TPSA) is 111 Å². The standard InChI is InChI=1S/C22H26N2O7S/c1-15-4-7-19(29-3)18(12-15)23-21(25)14-31-22(26)17-6-5-16(2)20(13-17)32(27,28)24-8-10-30-11-9-24/h4-7,12-13H,8-11,14H2,1-3H3,(H,23,25). The van der Waals surface area contributed by atoms with Crippen molar-refractivity contribution in [1.82, 2.24) is 4.31 Å². The van der Waals surface area contributed by atoms with Crippen molar-refractivity contribution in [3.05, 3.63) is 53.1 Å². The zero-order valence-corrected chi connectivity index (χ0v) is 19.0.